The van der Waals surface area contributed by atoms with Crippen LogP contribution in [0.2, 0.25) is 0 Å². The van der Waals surface area contributed by atoms with Gasteiger partial charge < -0.3 is 20.8 Å². The van der Waals surface area contributed by atoms with Gasteiger partial charge in [-0.2, -0.15) is 0 Å². The van der Waals surface area contributed by atoms with Crippen molar-refractivity contribution in [2.75, 3.05) is 6.54 Å². The van der Waals surface area contributed by atoms with Crippen LogP contribution in [0.25, 0.3) is 0 Å². The molecule has 1 aromatic heterocycles. The molecule has 100 valence electrons. The van der Waals surface area contributed by atoms with E-state index in [0.717, 1.165) is 0 Å². The SMILES string of the molecule is CC(NC(=O)c1ccco1)C(=O)NCC(C)(C)N. The highest BCUT2D eigenvalue weighted by atomic mass is 16.3. The molecule has 0 aliphatic heterocycles. The predicted molar refractivity (Wildman–Crippen MR) is 66.9 cm³/mol. The number of furan rings is 1. The third-order valence-electron chi connectivity index (χ3n) is 2.20. The molecule has 1 unspecified atom stereocenters. The fourth-order valence-corrected chi connectivity index (χ4v) is 1.21. The van der Waals surface area contributed by atoms with Gasteiger partial charge in [0.1, 0.15) is 6.04 Å². The van der Waals surface area contributed by atoms with Crippen LogP contribution >= 0.6 is 0 Å². The van der Waals surface area contributed by atoms with Crippen LogP contribution in [0.15, 0.2) is 22.8 Å². The Morgan fingerprint density at radius 1 is 1.50 bits per heavy atom. The predicted octanol–water partition coefficient (Wildman–Crippen LogP) is 0.251. The van der Waals surface area contributed by atoms with Crippen molar-refractivity contribution in [2.24, 2.45) is 5.73 Å². The average molecular weight is 253 g/mol. The van der Waals surface area contributed by atoms with E-state index in [0.29, 0.717) is 6.54 Å². The third-order valence-corrected chi connectivity index (χ3v) is 2.20. The molecule has 0 bridgehead atoms. The molecule has 1 atom stereocenters. The monoisotopic (exact) mass is 253 g/mol. The minimum Gasteiger partial charge on any atom is -0.459 e. The van der Waals surface area contributed by atoms with Gasteiger partial charge >= 0.3 is 0 Å². The highest BCUT2D eigenvalue weighted by molar-refractivity contribution is 5.95. The largest absolute Gasteiger partial charge is 0.459 e. The molecule has 1 heterocycles. The molecule has 0 saturated heterocycles. The Hall–Kier alpha value is -1.82. The minimum absolute atomic E-state index is 0.175. The van der Waals surface area contributed by atoms with Gasteiger partial charge in [-0.25, -0.2) is 0 Å². The molecule has 0 aromatic carbocycles. The molecule has 1 aromatic rings. The first-order valence-corrected chi connectivity index (χ1v) is 5.70. The van der Waals surface area contributed by atoms with Crippen molar-refractivity contribution in [3.05, 3.63) is 24.2 Å². The van der Waals surface area contributed by atoms with Gasteiger partial charge in [-0.15, -0.1) is 0 Å². The molecule has 0 fully saturated rings. The summed E-state index contributed by atoms with van der Waals surface area (Å²) >= 11 is 0. The molecule has 0 radical (unpaired) electrons. The Bertz CT molecular complexity index is 407. The zero-order valence-corrected chi connectivity index (χ0v) is 10.8. The van der Waals surface area contributed by atoms with E-state index in [1.807, 2.05) is 0 Å². The lowest BCUT2D eigenvalue weighted by atomic mass is 10.1. The first-order chi connectivity index (χ1) is 8.29. The molecule has 0 aliphatic rings. The molecule has 2 amide bonds. The van der Waals surface area contributed by atoms with Crippen LogP contribution in [-0.4, -0.2) is 29.9 Å². The molecule has 0 aliphatic carbocycles. The zero-order valence-electron chi connectivity index (χ0n) is 10.8. The summed E-state index contributed by atoms with van der Waals surface area (Å²) in [7, 11) is 0. The highest BCUT2D eigenvalue weighted by Crippen LogP contribution is 2.00. The number of hydrogen-bond donors (Lipinski definition) is 3. The second-order valence-electron chi connectivity index (χ2n) is 4.88. The molecule has 0 saturated carbocycles. The van der Waals surface area contributed by atoms with Crippen LogP contribution in [0.3, 0.4) is 0 Å². The number of carbonyl (C=O) groups excluding carboxylic acids is 2. The van der Waals surface area contributed by atoms with Gasteiger partial charge in [0.15, 0.2) is 5.76 Å². The fraction of sp³-hybridized carbons (Fsp3) is 0.500. The van der Waals surface area contributed by atoms with Crippen molar-refractivity contribution in [3.8, 4) is 0 Å². The van der Waals surface area contributed by atoms with Crippen molar-refractivity contribution in [1.29, 1.82) is 0 Å². The van der Waals surface area contributed by atoms with Crippen LogP contribution in [0, 0.1) is 0 Å². The van der Waals surface area contributed by atoms with Crippen molar-refractivity contribution < 1.29 is 14.0 Å². The van der Waals surface area contributed by atoms with Gasteiger partial charge in [0.25, 0.3) is 5.91 Å². The Balaban J connectivity index is 2.43. The summed E-state index contributed by atoms with van der Waals surface area (Å²) in [6.07, 6.45) is 1.40. The first-order valence-electron chi connectivity index (χ1n) is 5.70. The summed E-state index contributed by atoms with van der Waals surface area (Å²) in [5.41, 5.74) is 5.26. The normalized spacial score (nSPS) is 12.9. The second-order valence-corrected chi connectivity index (χ2v) is 4.88. The molecular weight excluding hydrogens is 234 g/mol. The summed E-state index contributed by atoms with van der Waals surface area (Å²) in [5, 5.41) is 5.20. The summed E-state index contributed by atoms with van der Waals surface area (Å²) in [6, 6.07) is 2.49. The standard InChI is InChI=1S/C12H19N3O3/c1-8(10(16)14-7-12(2,3)13)15-11(17)9-5-4-6-18-9/h4-6,8H,7,13H2,1-3H3,(H,14,16)(H,15,17). The number of carbonyl (C=O) groups is 2. The minimum atomic E-state index is -0.648. The maximum atomic E-state index is 11.7. The van der Waals surface area contributed by atoms with E-state index in [2.05, 4.69) is 10.6 Å². The maximum absolute atomic E-state index is 11.7. The lowest BCUT2D eigenvalue weighted by Crippen LogP contribution is -2.50. The topological polar surface area (TPSA) is 97.4 Å². The second kappa shape index (κ2) is 5.68. The van der Waals surface area contributed by atoms with E-state index in [9.17, 15) is 9.59 Å². The van der Waals surface area contributed by atoms with Crippen LogP contribution in [-0.2, 0) is 4.79 Å². The van der Waals surface area contributed by atoms with Gasteiger partial charge in [0, 0.05) is 12.1 Å². The van der Waals surface area contributed by atoms with Crippen LogP contribution in [0.4, 0.5) is 0 Å². The van der Waals surface area contributed by atoms with Gasteiger partial charge in [0.2, 0.25) is 5.91 Å². The fourth-order valence-electron chi connectivity index (χ4n) is 1.21. The average Bonchev–Trinajstić information content (AvgIpc) is 2.77. The van der Waals surface area contributed by atoms with Gasteiger partial charge in [-0.05, 0) is 32.9 Å². The Morgan fingerprint density at radius 3 is 2.67 bits per heavy atom. The van der Waals surface area contributed by atoms with Crippen LogP contribution in [0.1, 0.15) is 31.3 Å². The number of amides is 2. The lowest BCUT2D eigenvalue weighted by molar-refractivity contribution is -0.122. The third kappa shape index (κ3) is 4.58. The molecule has 6 nitrogen and oxygen atoms in total. The molecule has 0 spiro atoms. The maximum Gasteiger partial charge on any atom is 0.287 e. The Labute approximate surface area is 106 Å². The summed E-state index contributed by atoms with van der Waals surface area (Å²) in [6.45, 7) is 5.55. The quantitative estimate of drug-likeness (QED) is 0.700. The highest BCUT2D eigenvalue weighted by Gasteiger charge is 2.19. The number of rotatable bonds is 5. The molecule has 6 heteroatoms. The van der Waals surface area contributed by atoms with E-state index in [4.69, 9.17) is 10.2 Å². The molecular formula is C12H19N3O3. The van der Waals surface area contributed by atoms with E-state index >= 15 is 0 Å². The van der Waals surface area contributed by atoms with Gasteiger partial charge in [-0.1, -0.05) is 0 Å². The van der Waals surface area contributed by atoms with Crippen LogP contribution in [0.5, 0.6) is 0 Å². The number of nitrogens with two attached hydrogens (primary N) is 1. The zero-order chi connectivity index (χ0) is 13.8. The van der Waals surface area contributed by atoms with Gasteiger partial charge in [-0.3, -0.25) is 9.59 Å². The van der Waals surface area contributed by atoms with Gasteiger partial charge in [0.05, 0.1) is 6.26 Å². The first kappa shape index (κ1) is 14.2. The number of hydrogen-bond acceptors (Lipinski definition) is 4. The van der Waals surface area contributed by atoms with E-state index < -0.39 is 17.5 Å². The Morgan fingerprint density at radius 2 is 2.17 bits per heavy atom. The van der Waals surface area contributed by atoms with Crippen molar-refractivity contribution in [2.45, 2.75) is 32.4 Å². The summed E-state index contributed by atoms with van der Waals surface area (Å²) in [4.78, 5) is 23.3. The summed E-state index contributed by atoms with van der Waals surface area (Å²) in [5.74, 6) is -0.531. The van der Waals surface area contributed by atoms with Crippen molar-refractivity contribution in [3.63, 3.8) is 0 Å². The van der Waals surface area contributed by atoms with Crippen LogP contribution < -0.4 is 16.4 Å². The Kier molecular flexibility index (Phi) is 4.49. The van der Waals surface area contributed by atoms with E-state index in [1.54, 1.807) is 26.8 Å². The lowest BCUT2D eigenvalue weighted by Gasteiger charge is -2.21. The molecule has 18 heavy (non-hydrogen) atoms. The van der Waals surface area contributed by atoms with E-state index in [1.165, 1.54) is 12.3 Å². The van der Waals surface area contributed by atoms with Crippen molar-refractivity contribution in [1.82, 2.24) is 10.6 Å². The van der Waals surface area contributed by atoms with Crippen molar-refractivity contribution >= 4 is 11.8 Å². The smallest absolute Gasteiger partial charge is 0.287 e. The van der Waals surface area contributed by atoms with E-state index in [-0.39, 0.29) is 11.7 Å². The summed E-state index contributed by atoms with van der Waals surface area (Å²) < 4.78 is 4.93. The molecule has 4 N–H and O–H groups in total. The number of nitrogens with one attached hydrogen (secondary N) is 2. The molecule has 1 rings (SSSR count).